The van der Waals surface area contributed by atoms with Crippen molar-refractivity contribution < 1.29 is 8.42 Å². The fourth-order valence-corrected chi connectivity index (χ4v) is 5.65. The Morgan fingerprint density at radius 3 is 1.73 bits per heavy atom. The number of sulfone groups is 1. The molecule has 5 rings (SSSR count). The third-order valence-corrected chi connectivity index (χ3v) is 7.68. The third-order valence-electron chi connectivity index (χ3n) is 5.33. The second-order valence-corrected chi connectivity index (χ2v) is 10.3. The molecule has 0 N–H and O–H groups in total. The van der Waals surface area contributed by atoms with Crippen molar-refractivity contribution in [1.82, 2.24) is 9.78 Å². The molecule has 0 bridgehead atoms. The fraction of sp³-hybridized carbons (Fsp3) is 0. The van der Waals surface area contributed by atoms with Gasteiger partial charge in [-0.2, -0.15) is 5.10 Å². The second kappa shape index (κ2) is 8.81. The first-order valence-electron chi connectivity index (χ1n) is 10.4. The molecule has 0 radical (unpaired) electrons. The third kappa shape index (κ3) is 4.03. The molecule has 0 fully saturated rings. The van der Waals surface area contributed by atoms with Crippen molar-refractivity contribution in [2.24, 2.45) is 0 Å². The number of nitrogens with zero attached hydrogens (tertiary/aromatic N) is 2. The van der Waals surface area contributed by atoms with E-state index in [1.54, 1.807) is 28.9 Å². The Kier molecular flexibility index (Phi) is 5.70. The lowest BCUT2D eigenvalue weighted by Gasteiger charge is -2.11. The Bertz CT molecular complexity index is 1500. The minimum Gasteiger partial charge on any atom is -0.231 e. The molecule has 33 heavy (non-hydrogen) atoms. The molecule has 162 valence electrons. The Labute approximate surface area is 201 Å². The van der Waals surface area contributed by atoms with Gasteiger partial charge in [0.25, 0.3) is 0 Å². The molecule has 0 unspecified atom stereocenters. The van der Waals surface area contributed by atoms with Crippen LogP contribution in [-0.2, 0) is 9.84 Å². The quantitative estimate of drug-likeness (QED) is 0.259. The molecule has 1 aromatic heterocycles. The van der Waals surface area contributed by atoms with E-state index in [2.05, 4.69) is 15.9 Å². The van der Waals surface area contributed by atoms with Crippen LogP contribution >= 0.6 is 15.9 Å². The molecule has 5 aromatic rings. The Morgan fingerprint density at radius 2 is 1.15 bits per heavy atom. The maximum Gasteiger partial charge on any atom is 0.210 e. The van der Waals surface area contributed by atoms with E-state index in [9.17, 15) is 8.42 Å². The van der Waals surface area contributed by atoms with Crippen LogP contribution in [0.15, 0.2) is 130 Å². The average molecular weight is 515 g/mol. The van der Waals surface area contributed by atoms with Gasteiger partial charge < -0.3 is 0 Å². The predicted octanol–water partition coefficient (Wildman–Crippen LogP) is 6.80. The second-order valence-electron chi connectivity index (χ2n) is 7.46. The Balaban J connectivity index is 1.90. The van der Waals surface area contributed by atoms with Crippen LogP contribution in [0.1, 0.15) is 0 Å². The van der Waals surface area contributed by atoms with Crippen LogP contribution in [-0.4, -0.2) is 18.2 Å². The van der Waals surface area contributed by atoms with Crippen molar-refractivity contribution in [2.45, 2.75) is 9.79 Å². The first kappa shape index (κ1) is 21.4. The molecule has 4 aromatic carbocycles. The van der Waals surface area contributed by atoms with E-state index in [0.29, 0.717) is 11.4 Å². The maximum absolute atomic E-state index is 14.1. The highest BCUT2D eigenvalue weighted by atomic mass is 79.9. The molecule has 0 aliphatic heterocycles. The molecule has 6 heteroatoms. The fourth-order valence-electron chi connectivity index (χ4n) is 3.78. The van der Waals surface area contributed by atoms with Gasteiger partial charge in [0.1, 0.15) is 10.6 Å². The largest absolute Gasteiger partial charge is 0.231 e. The van der Waals surface area contributed by atoms with Crippen LogP contribution in [0.4, 0.5) is 0 Å². The summed E-state index contributed by atoms with van der Waals surface area (Å²) in [6.07, 6.45) is 0. The van der Waals surface area contributed by atoms with Gasteiger partial charge in [0, 0.05) is 15.6 Å². The summed E-state index contributed by atoms with van der Waals surface area (Å²) >= 11 is 3.39. The van der Waals surface area contributed by atoms with Gasteiger partial charge in [0.2, 0.25) is 9.84 Å². The molecular weight excluding hydrogens is 496 g/mol. The number of halogens is 1. The summed E-state index contributed by atoms with van der Waals surface area (Å²) in [6.45, 7) is 0. The Morgan fingerprint density at radius 1 is 0.636 bits per heavy atom. The standard InChI is InChI=1S/C27H19BrN2O2S/c28-22-16-18-24(19-17-22)33(31,32)27-25(20-10-4-1-5-11-20)29-30(23-14-8-3-9-15-23)26(27)21-12-6-2-7-13-21/h1-19H. The number of benzene rings is 4. The van der Waals surface area contributed by atoms with E-state index in [1.165, 1.54) is 0 Å². The van der Waals surface area contributed by atoms with Crippen molar-refractivity contribution in [2.75, 3.05) is 0 Å². The zero-order valence-electron chi connectivity index (χ0n) is 17.5. The molecular formula is C27H19BrN2O2S. The van der Waals surface area contributed by atoms with Gasteiger partial charge in [-0.1, -0.05) is 94.8 Å². The van der Waals surface area contributed by atoms with Crippen LogP contribution in [0.2, 0.25) is 0 Å². The minimum atomic E-state index is -3.90. The van der Waals surface area contributed by atoms with Crippen LogP contribution < -0.4 is 0 Å². The lowest BCUT2D eigenvalue weighted by Crippen LogP contribution is -2.06. The monoisotopic (exact) mass is 514 g/mol. The number of hydrogen-bond donors (Lipinski definition) is 0. The molecule has 1 heterocycles. The van der Waals surface area contributed by atoms with E-state index in [4.69, 9.17) is 5.10 Å². The van der Waals surface area contributed by atoms with Crippen LogP contribution in [0.25, 0.3) is 28.2 Å². The highest BCUT2D eigenvalue weighted by Gasteiger charge is 2.32. The van der Waals surface area contributed by atoms with Gasteiger partial charge in [-0.15, -0.1) is 0 Å². The number of aromatic nitrogens is 2. The van der Waals surface area contributed by atoms with Crippen LogP contribution in [0.5, 0.6) is 0 Å². The van der Waals surface area contributed by atoms with Crippen molar-refractivity contribution in [1.29, 1.82) is 0 Å². The molecule has 4 nitrogen and oxygen atoms in total. The zero-order chi connectivity index (χ0) is 22.8. The van der Waals surface area contributed by atoms with Gasteiger partial charge >= 0.3 is 0 Å². The molecule has 0 saturated heterocycles. The van der Waals surface area contributed by atoms with E-state index >= 15 is 0 Å². The number of hydrogen-bond acceptors (Lipinski definition) is 3. The van der Waals surface area contributed by atoms with Gasteiger partial charge in [-0.05, 0) is 36.4 Å². The summed E-state index contributed by atoms with van der Waals surface area (Å²) < 4.78 is 30.8. The van der Waals surface area contributed by atoms with E-state index < -0.39 is 9.84 Å². The normalized spacial score (nSPS) is 11.4. The molecule has 0 spiro atoms. The molecule has 0 amide bonds. The lowest BCUT2D eigenvalue weighted by atomic mass is 10.1. The summed E-state index contributed by atoms with van der Waals surface area (Å²) in [6, 6.07) is 35.2. The summed E-state index contributed by atoms with van der Waals surface area (Å²) in [5, 5.41) is 4.86. The molecule has 0 aliphatic rings. The van der Waals surface area contributed by atoms with Gasteiger partial charge in [0.15, 0.2) is 0 Å². The van der Waals surface area contributed by atoms with E-state index in [0.717, 1.165) is 21.3 Å². The van der Waals surface area contributed by atoms with Crippen molar-refractivity contribution in [3.63, 3.8) is 0 Å². The van der Waals surface area contributed by atoms with Crippen molar-refractivity contribution in [3.8, 4) is 28.2 Å². The first-order valence-corrected chi connectivity index (χ1v) is 12.6. The van der Waals surface area contributed by atoms with Crippen molar-refractivity contribution >= 4 is 25.8 Å². The van der Waals surface area contributed by atoms with Gasteiger partial charge in [0.05, 0.1) is 16.3 Å². The summed E-state index contributed by atoms with van der Waals surface area (Å²) in [5.41, 5.74) is 3.24. The van der Waals surface area contributed by atoms with E-state index in [1.807, 2.05) is 91.0 Å². The summed E-state index contributed by atoms with van der Waals surface area (Å²) in [5.74, 6) is 0. The van der Waals surface area contributed by atoms with Crippen molar-refractivity contribution in [3.05, 3.63) is 120 Å². The summed E-state index contributed by atoms with van der Waals surface area (Å²) in [4.78, 5) is 0.402. The van der Waals surface area contributed by atoms with Crippen LogP contribution in [0, 0.1) is 0 Å². The SMILES string of the molecule is O=S(=O)(c1ccc(Br)cc1)c1c(-c2ccccc2)nn(-c2ccccc2)c1-c1ccccc1. The number of rotatable bonds is 5. The average Bonchev–Trinajstić information content (AvgIpc) is 3.28. The number of para-hydroxylation sites is 1. The minimum absolute atomic E-state index is 0.186. The summed E-state index contributed by atoms with van der Waals surface area (Å²) in [7, 11) is -3.90. The molecule has 0 atom stereocenters. The maximum atomic E-state index is 14.1. The highest BCUT2D eigenvalue weighted by Crippen LogP contribution is 2.40. The Hall–Kier alpha value is -3.48. The highest BCUT2D eigenvalue weighted by molar-refractivity contribution is 9.10. The topological polar surface area (TPSA) is 52.0 Å². The van der Waals surface area contributed by atoms with Crippen LogP contribution in [0.3, 0.4) is 0 Å². The smallest absolute Gasteiger partial charge is 0.210 e. The zero-order valence-corrected chi connectivity index (χ0v) is 19.9. The lowest BCUT2D eigenvalue weighted by molar-refractivity contribution is 0.596. The van der Waals surface area contributed by atoms with Gasteiger partial charge in [-0.3, -0.25) is 0 Å². The molecule has 0 saturated carbocycles. The van der Waals surface area contributed by atoms with Gasteiger partial charge in [-0.25, -0.2) is 13.1 Å². The predicted molar refractivity (Wildman–Crippen MR) is 134 cm³/mol. The molecule has 0 aliphatic carbocycles. The van der Waals surface area contributed by atoms with E-state index in [-0.39, 0.29) is 9.79 Å². The first-order chi connectivity index (χ1) is 16.1.